The number of benzene rings is 1. The van der Waals surface area contributed by atoms with Gasteiger partial charge in [-0.05, 0) is 36.2 Å². The summed E-state index contributed by atoms with van der Waals surface area (Å²) >= 11 is 5.85. The fourth-order valence-corrected chi connectivity index (χ4v) is 1.81. The highest BCUT2D eigenvalue weighted by Crippen LogP contribution is 2.17. The van der Waals surface area contributed by atoms with Gasteiger partial charge in [0.25, 0.3) is 0 Å². The van der Waals surface area contributed by atoms with Crippen molar-refractivity contribution in [2.75, 3.05) is 0 Å². The van der Waals surface area contributed by atoms with Crippen molar-refractivity contribution < 1.29 is 0 Å². The number of pyridine rings is 1. The minimum atomic E-state index is 0.0115. The van der Waals surface area contributed by atoms with E-state index in [0.29, 0.717) is 0 Å². The van der Waals surface area contributed by atoms with Crippen molar-refractivity contribution in [3.8, 4) is 0 Å². The second-order valence-corrected chi connectivity index (χ2v) is 4.24. The highest BCUT2D eigenvalue weighted by molar-refractivity contribution is 6.30. The van der Waals surface area contributed by atoms with Gasteiger partial charge in [0.05, 0.1) is 11.7 Å². The first kappa shape index (κ1) is 12.0. The summed E-state index contributed by atoms with van der Waals surface area (Å²) in [6.07, 6.45) is 2.55. The van der Waals surface area contributed by atoms with Gasteiger partial charge in [-0.25, -0.2) is 0 Å². The maximum atomic E-state index is 5.85. The molecule has 3 N–H and O–H groups in total. The Morgan fingerprint density at radius 2 is 1.94 bits per heavy atom. The number of aromatic nitrogens is 1. The fraction of sp³-hybridized carbons (Fsp3) is 0.154. The van der Waals surface area contributed by atoms with Gasteiger partial charge in [-0.2, -0.15) is 0 Å². The van der Waals surface area contributed by atoms with Crippen molar-refractivity contribution in [3.63, 3.8) is 0 Å². The minimum Gasteiger partial charge on any atom is -0.271 e. The van der Waals surface area contributed by atoms with E-state index in [1.54, 1.807) is 6.20 Å². The van der Waals surface area contributed by atoms with Crippen molar-refractivity contribution in [2.24, 2.45) is 5.84 Å². The van der Waals surface area contributed by atoms with Gasteiger partial charge in [0.15, 0.2) is 0 Å². The third-order valence-electron chi connectivity index (χ3n) is 2.60. The van der Waals surface area contributed by atoms with Crippen LogP contribution in [0.25, 0.3) is 0 Å². The smallest absolute Gasteiger partial charge is 0.0672 e. The Balaban J connectivity index is 2.13. The summed E-state index contributed by atoms with van der Waals surface area (Å²) in [6.45, 7) is 0. The molecule has 0 saturated heterocycles. The quantitative estimate of drug-likeness (QED) is 0.645. The number of halogens is 1. The Morgan fingerprint density at radius 3 is 2.53 bits per heavy atom. The SMILES string of the molecule is NNC(Cc1ccc(Cl)cc1)c1ccccn1. The lowest BCUT2D eigenvalue weighted by molar-refractivity contribution is 0.538. The molecule has 0 spiro atoms. The van der Waals surface area contributed by atoms with Gasteiger partial charge in [-0.15, -0.1) is 0 Å². The second kappa shape index (κ2) is 5.77. The number of rotatable bonds is 4. The number of hydrogen-bond acceptors (Lipinski definition) is 3. The van der Waals surface area contributed by atoms with E-state index >= 15 is 0 Å². The highest BCUT2D eigenvalue weighted by atomic mass is 35.5. The molecule has 0 fully saturated rings. The lowest BCUT2D eigenvalue weighted by atomic mass is 10.0. The summed E-state index contributed by atoms with van der Waals surface area (Å²) < 4.78 is 0. The lowest BCUT2D eigenvalue weighted by Gasteiger charge is -2.15. The molecule has 4 heteroatoms. The lowest BCUT2D eigenvalue weighted by Crippen LogP contribution is -2.30. The molecule has 1 aromatic heterocycles. The average Bonchev–Trinajstić information content (AvgIpc) is 2.39. The number of nitrogens with one attached hydrogen (secondary N) is 1. The number of hydrogen-bond donors (Lipinski definition) is 2. The largest absolute Gasteiger partial charge is 0.271 e. The first-order valence-corrected chi connectivity index (χ1v) is 5.79. The van der Waals surface area contributed by atoms with Gasteiger partial charge >= 0.3 is 0 Å². The van der Waals surface area contributed by atoms with Crippen LogP contribution in [-0.2, 0) is 6.42 Å². The summed E-state index contributed by atoms with van der Waals surface area (Å²) in [5.41, 5.74) is 4.89. The van der Waals surface area contributed by atoms with Crippen LogP contribution in [0.4, 0.5) is 0 Å². The summed E-state index contributed by atoms with van der Waals surface area (Å²) in [5, 5.41) is 0.740. The zero-order valence-corrected chi connectivity index (χ0v) is 10.1. The molecule has 0 aliphatic heterocycles. The molecule has 2 aromatic rings. The Hall–Kier alpha value is -1.42. The van der Waals surface area contributed by atoms with Gasteiger partial charge < -0.3 is 0 Å². The molecule has 3 nitrogen and oxygen atoms in total. The maximum Gasteiger partial charge on any atom is 0.0672 e. The predicted octanol–water partition coefficient (Wildman–Crippen LogP) is 2.48. The van der Waals surface area contributed by atoms with E-state index in [2.05, 4.69) is 10.4 Å². The summed E-state index contributed by atoms with van der Waals surface area (Å²) in [4.78, 5) is 4.30. The number of nitrogens with zero attached hydrogens (tertiary/aromatic N) is 1. The highest BCUT2D eigenvalue weighted by Gasteiger charge is 2.11. The maximum absolute atomic E-state index is 5.85. The molecule has 1 atom stereocenters. The Morgan fingerprint density at radius 1 is 1.18 bits per heavy atom. The average molecular weight is 248 g/mol. The summed E-state index contributed by atoms with van der Waals surface area (Å²) in [6, 6.07) is 13.6. The van der Waals surface area contributed by atoms with E-state index in [4.69, 9.17) is 17.4 Å². The third-order valence-corrected chi connectivity index (χ3v) is 2.85. The van der Waals surface area contributed by atoms with Crippen LogP contribution in [0.15, 0.2) is 48.7 Å². The zero-order chi connectivity index (χ0) is 12.1. The molecule has 1 heterocycles. The molecule has 1 aromatic carbocycles. The minimum absolute atomic E-state index is 0.0115. The topological polar surface area (TPSA) is 50.9 Å². The Bertz CT molecular complexity index is 456. The standard InChI is InChI=1S/C13H14ClN3/c14-11-6-4-10(5-7-11)9-13(17-15)12-3-1-2-8-16-12/h1-8,13,17H,9,15H2. The zero-order valence-electron chi connectivity index (χ0n) is 9.31. The van der Waals surface area contributed by atoms with E-state index in [1.165, 1.54) is 5.56 Å². The number of hydrazine groups is 1. The van der Waals surface area contributed by atoms with Crippen LogP contribution in [0.2, 0.25) is 5.02 Å². The van der Waals surface area contributed by atoms with Crippen LogP contribution >= 0.6 is 11.6 Å². The molecule has 0 bridgehead atoms. The van der Waals surface area contributed by atoms with Gasteiger partial charge in [-0.1, -0.05) is 29.8 Å². The van der Waals surface area contributed by atoms with E-state index in [9.17, 15) is 0 Å². The molecule has 0 amide bonds. The fourth-order valence-electron chi connectivity index (χ4n) is 1.69. The van der Waals surface area contributed by atoms with Crippen molar-refractivity contribution in [1.82, 2.24) is 10.4 Å². The first-order valence-electron chi connectivity index (χ1n) is 5.41. The van der Waals surface area contributed by atoms with E-state index in [1.807, 2.05) is 42.5 Å². The molecule has 0 radical (unpaired) electrons. The van der Waals surface area contributed by atoms with Crippen molar-refractivity contribution >= 4 is 11.6 Å². The van der Waals surface area contributed by atoms with Crippen LogP contribution in [0.3, 0.4) is 0 Å². The van der Waals surface area contributed by atoms with Crippen LogP contribution < -0.4 is 11.3 Å². The summed E-state index contributed by atoms with van der Waals surface area (Å²) in [5.74, 6) is 5.57. The molecule has 0 saturated carbocycles. The molecule has 2 rings (SSSR count). The molecule has 1 unspecified atom stereocenters. The summed E-state index contributed by atoms with van der Waals surface area (Å²) in [7, 11) is 0. The van der Waals surface area contributed by atoms with E-state index in [0.717, 1.165) is 17.1 Å². The van der Waals surface area contributed by atoms with Crippen molar-refractivity contribution in [1.29, 1.82) is 0 Å². The van der Waals surface area contributed by atoms with Crippen LogP contribution in [-0.4, -0.2) is 4.98 Å². The first-order chi connectivity index (χ1) is 8.29. The van der Waals surface area contributed by atoms with Gasteiger partial charge in [0.1, 0.15) is 0 Å². The van der Waals surface area contributed by atoms with Gasteiger partial charge in [-0.3, -0.25) is 16.3 Å². The molecule has 17 heavy (non-hydrogen) atoms. The molecule has 88 valence electrons. The van der Waals surface area contributed by atoms with Crippen LogP contribution in [0.1, 0.15) is 17.3 Å². The molecule has 0 aliphatic rings. The van der Waals surface area contributed by atoms with Gasteiger partial charge in [0, 0.05) is 11.2 Å². The monoisotopic (exact) mass is 247 g/mol. The van der Waals surface area contributed by atoms with Crippen LogP contribution in [0.5, 0.6) is 0 Å². The van der Waals surface area contributed by atoms with E-state index < -0.39 is 0 Å². The molecular formula is C13H14ClN3. The van der Waals surface area contributed by atoms with Crippen molar-refractivity contribution in [3.05, 3.63) is 64.9 Å². The second-order valence-electron chi connectivity index (χ2n) is 3.80. The van der Waals surface area contributed by atoms with E-state index in [-0.39, 0.29) is 6.04 Å². The van der Waals surface area contributed by atoms with Gasteiger partial charge in [0.2, 0.25) is 0 Å². The normalized spacial score (nSPS) is 12.4. The number of nitrogens with two attached hydrogens (primary N) is 1. The third kappa shape index (κ3) is 3.27. The Kier molecular flexibility index (Phi) is 4.09. The van der Waals surface area contributed by atoms with Crippen molar-refractivity contribution in [2.45, 2.75) is 12.5 Å². The predicted molar refractivity (Wildman–Crippen MR) is 69.5 cm³/mol. The van der Waals surface area contributed by atoms with Crippen LogP contribution in [0, 0.1) is 0 Å². The molecular weight excluding hydrogens is 234 g/mol. The molecule has 0 aliphatic carbocycles. The Labute approximate surface area is 106 Å².